The second-order valence-electron chi connectivity index (χ2n) is 7.94. The fraction of sp³-hybridized carbons (Fsp3) is 0.632. The lowest BCUT2D eigenvalue weighted by molar-refractivity contribution is -0.156. The molecule has 3 heteroatoms. The van der Waals surface area contributed by atoms with Gasteiger partial charge < -0.3 is 4.74 Å². The summed E-state index contributed by atoms with van der Waals surface area (Å²) in [5.74, 6) is 0.258. The van der Waals surface area contributed by atoms with Crippen molar-refractivity contribution in [3.63, 3.8) is 0 Å². The van der Waals surface area contributed by atoms with Crippen LogP contribution in [0.3, 0.4) is 0 Å². The van der Waals surface area contributed by atoms with E-state index in [1.54, 1.807) is 0 Å². The van der Waals surface area contributed by atoms with Crippen LogP contribution in [0, 0.1) is 16.7 Å². The van der Waals surface area contributed by atoms with E-state index in [0.717, 1.165) is 26.1 Å². The summed E-state index contributed by atoms with van der Waals surface area (Å²) in [4.78, 5) is 15.0. The predicted molar refractivity (Wildman–Crippen MR) is 89.4 cm³/mol. The zero-order valence-electron chi connectivity index (χ0n) is 14.6. The second-order valence-corrected chi connectivity index (χ2v) is 7.94. The van der Waals surface area contributed by atoms with Gasteiger partial charge in [0.25, 0.3) is 0 Å². The number of hydrogen-bond donors (Lipinski definition) is 0. The summed E-state index contributed by atoms with van der Waals surface area (Å²) in [5, 5.41) is 0. The molecule has 0 amide bonds. The van der Waals surface area contributed by atoms with Crippen LogP contribution in [0.2, 0.25) is 0 Å². The van der Waals surface area contributed by atoms with Crippen molar-refractivity contribution in [1.82, 2.24) is 4.90 Å². The van der Waals surface area contributed by atoms with Gasteiger partial charge in [-0.25, -0.2) is 0 Å². The first kappa shape index (κ1) is 17.0. The Morgan fingerprint density at radius 2 is 1.95 bits per heavy atom. The molecule has 1 heterocycles. The minimum Gasteiger partial charge on any atom is -0.469 e. The Labute approximate surface area is 134 Å². The van der Waals surface area contributed by atoms with Gasteiger partial charge in [-0.2, -0.15) is 0 Å². The van der Waals surface area contributed by atoms with Crippen LogP contribution in [-0.4, -0.2) is 31.1 Å². The summed E-state index contributed by atoms with van der Waals surface area (Å²) in [6, 6.07) is 10.5. The number of methoxy groups -OCH3 is 1. The van der Waals surface area contributed by atoms with Gasteiger partial charge in [-0.15, -0.1) is 0 Å². The number of rotatable bonds is 4. The molecule has 0 radical (unpaired) electrons. The molecule has 2 rings (SSSR count). The van der Waals surface area contributed by atoms with Crippen LogP contribution in [0.4, 0.5) is 0 Å². The molecule has 1 aliphatic heterocycles. The number of carbonyl (C=O) groups is 1. The van der Waals surface area contributed by atoms with E-state index in [1.165, 1.54) is 12.7 Å². The smallest absolute Gasteiger partial charge is 0.313 e. The molecule has 0 aromatic heterocycles. The summed E-state index contributed by atoms with van der Waals surface area (Å²) in [6.45, 7) is 11.4. The maximum atomic E-state index is 12.6. The van der Waals surface area contributed by atoms with E-state index in [4.69, 9.17) is 4.74 Å². The van der Waals surface area contributed by atoms with E-state index in [-0.39, 0.29) is 16.8 Å². The molecular formula is C19H29NO2. The molecule has 0 spiro atoms. The summed E-state index contributed by atoms with van der Waals surface area (Å²) in [6.07, 6.45) is 0.860. The largest absolute Gasteiger partial charge is 0.469 e. The molecule has 0 unspecified atom stereocenters. The van der Waals surface area contributed by atoms with Crippen LogP contribution in [0.1, 0.15) is 39.7 Å². The van der Waals surface area contributed by atoms with E-state index in [0.29, 0.717) is 5.92 Å². The first-order chi connectivity index (χ1) is 10.3. The number of ether oxygens (including phenoxy) is 1. The van der Waals surface area contributed by atoms with Crippen LogP contribution in [0.5, 0.6) is 0 Å². The fourth-order valence-corrected chi connectivity index (χ4v) is 3.86. The summed E-state index contributed by atoms with van der Waals surface area (Å²) >= 11 is 0. The molecule has 1 aliphatic rings. The van der Waals surface area contributed by atoms with Crippen molar-refractivity contribution >= 4 is 5.97 Å². The van der Waals surface area contributed by atoms with Crippen molar-refractivity contribution in [2.45, 2.75) is 40.7 Å². The van der Waals surface area contributed by atoms with Crippen molar-refractivity contribution in [2.75, 3.05) is 20.2 Å². The van der Waals surface area contributed by atoms with E-state index < -0.39 is 0 Å². The van der Waals surface area contributed by atoms with Gasteiger partial charge in [0.2, 0.25) is 0 Å². The Morgan fingerprint density at radius 1 is 1.32 bits per heavy atom. The molecule has 0 saturated carbocycles. The second kappa shape index (κ2) is 6.41. The van der Waals surface area contributed by atoms with Gasteiger partial charge in [0.1, 0.15) is 0 Å². The van der Waals surface area contributed by atoms with Crippen LogP contribution < -0.4 is 0 Å². The fourth-order valence-electron chi connectivity index (χ4n) is 3.86. The SMILES string of the molecule is COC(=O)[C@]1(CC(C)(C)C)CN(Cc2ccccc2)C[C@H]1C. The quantitative estimate of drug-likeness (QED) is 0.794. The maximum absolute atomic E-state index is 12.6. The van der Waals surface area contributed by atoms with Crippen molar-refractivity contribution in [1.29, 1.82) is 0 Å². The zero-order valence-corrected chi connectivity index (χ0v) is 14.6. The Hall–Kier alpha value is -1.35. The van der Waals surface area contributed by atoms with Gasteiger partial charge in [0.05, 0.1) is 12.5 Å². The number of benzene rings is 1. The molecule has 122 valence electrons. The van der Waals surface area contributed by atoms with Crippen LogP contribution in [0.15, 0.2) is 30.3 Å². The van der Waals surface area contributed by atoms with E-state index >= 15 is 0 Å². The molecule has 1 aromatic rings. The molecular weight excluding hydrogens is 274 g/mol. The molecule has 0 bridgehead atoms. The molecule has 1 saturated heterocycles. The van der Waals surface area contributed by atoms with Gasteiger partial charge in [0, 0.05) is 19.6 Å². The highest BCUT2D eigenvalue weighted by molar-refractivity contribution is 5.78. The Kier molecular flexibility index (Phi) is 4.96. The lowest BCUT2D eigenvalue weighted by Crippen LogP contribution is -2.42. The van der Waals surface area contributed by atoms with Crippen molar-refractivity contribution in [3.05, 3.63) is 35.9 Å². The van der Waals surface area contributed by atoms with Crippen LogP contribution in [0.25, 0.3) is 0 Å². The monoisotopic (exact) mass is 303 g/mol. The predicted octanol–water partition coefficient (Wildman–Crippen LogP) is 3.73. The van der Waals surface area contributed by atoms with Gasteiger partial charge in [-0.05, 0) is 23.3 Å². The Morgan fingerprint density at radius 3 is 2.50 bits per heavy atom. The molecule has 22 heavy (non-hydrogen) atoms. The number of hydrogen-bond acceptors (Lipinski definition) is 3. The Bertz CT molecular complexity index is 506. The summed E-state index contributed by atoms with van der Waals surface area (Å²) in [7, 11) is 1.51. The minimum absolute atomic E-state index is 0.0505. The molecule has 1 aromatic carbocycles. The van der Waals surface area contributed by atoms with E-state index in [9.17, 15) is 4.79 Å². The number of esters is 1. The minimum atomic E-state index is -0.387. The van der Waals surface area contributed by atoms with Crippen LogP contribution in [-0.2, 0) is 16.1 Å². The number of likely N-dealkylation sites (tertiary alicyclic amines) is 1. The molecule has 1 fully saturated rings. The highest BCUT2D eigenvalue weighted by Crippen LogP contribution is 2.45. The zero-order chi connectivity index (χ0) is 16.4. The molecule has 3 nitrogen and oxygen atoms in total. The normalized spacial score (nSPS) is 26.1. The third kappa shape index (κ3) is 3.70. The summed E-state index contributed by atoms with van der Waals surface area (Å²) < 4.78 is 5.19. The molecule has 0 aliphatic carbocycles. The van der Waals surface area contributed by atoms with E-state index in [2.05, 4.69) is 56.9 Å². The number of carbonyl (C=O) groups excluding carboxylic acids is 1. The molecule has 0 N–H and O–H groups in total. The van der Waals surface area contributed by atoms with Crippen LogP contribution >= 0.6 is 0 Å². The van der Waals surface area contributed by atoms with Gasteiger partial charge in [-0.3, -0.25) is 9.69 Å². The number of nitrogens with zero attached hydrogens (tertiary/aromatic N) is 1. The standard InChI is InChI=1S/C19H29NO2/c1-15-11-20(12-16-9-7-6-8-10-16)14-19(15,17(21)22-5)13-18(2,3)4/h6-10,15H,11-14H2,1-5H3/t15-,19-/m1/s1. The average Bonchev–Trinajstić information content (AvgIpc) is 2.74. The highest BCUT2D eigenvalue weighted by Gasteiger charge is 2.52. The summed E-state index contributed by atoms with van der Waals surface area (Å²) in [5.41, 5.74) is 1.01. The third-order valence-corrected chi connectivity index (χ3v) is 4.67. The van der Waals surface area contributed by atoms with Gasteiger partial charge in [-0.1, -0.05) is 58.0 Å². The average molecular weight is 303 g/mol. The third-order valence-electron chi connectivity index (χ3n) is 4.67. The van der Waals surface area contributed by atoms with Crippen molar-refractivity contribution in [3.8, 4) is 0 Å². The van der Waals surface area contributed by atoms with Crippen molar-refractivity contribution in [2.24, 2.45) is 16.7 Å². The van der Waals surface area contributed by atoms with Crippen molar-refractivity contribution < 1.29 is 9.53 Å². The molecule has 2 atom stereocenters. The first-order valence-electron chi connectivity index (χ1n) is 8.11. The lowest BCUT2D eigenvalue weighted by Gasteiger charge is -2.36. The van der Waals surface area contributed by atoms with Gasteiger partial charge >= 0.3 is 5.97 Å². The Balaban J connectivity index is 2.19. The van der Waals surface area contributed by atoms with E-state index in [1.807, 2.05) is 6.07 Å². The highest BCUT2D eigenvalue weighted by atomic mass is 16.5. The maximum Gasteiger partial charge on any atom is 0.313 e. The first-order valence-corrected chi connectivity index (χ1v) is 8.11. The lowest BCUT2D eigenvalue weighted by atomic mass is 9.68. The topological polar surface area (TPSA) is 29.5 Å². The van der Waals surface area contributed by atoms with Gasteiger partial charge in [0.15, 0.2) is 0 Å².